The molecule has 0 aliphatic carbocycles. The van der Waals surface area contributed by atoms with E-state index in [1.807, 2.05) is 18.7 Å². The van der Waals surface area contributed by atoms with Crippen LogP contribution in [-0.2, 0) is 9.84 Å². The maximum atomic E-state index is 12.1. The van der Waals surface area contributed by atoms with Crippen LogP contribution >= 0.6 is 0 Å². The normalized spacial score (nSPS) is 20.6. The Morgan fingerprint density at radius 2 is 2.10 bits per heavy atom. The largest absolute Gasteiger partial charge is 0.383 e. The molecule has 0 radical (unpaired) electrons. The Morgan fingerprint density at radius 1 is 1.45 bits per heavy atom. The van der Waals surface area contributed by atoms with Crippen LogP contribution in [0.5, 0.6) is 0 Å². The number of anilines is 2. The molecular weight excluding hydrogens is 278 g/mol. The molecule has 0 amide bonds. The molecule has 1 saturated heterocycles. The SMILES string of the molecule is CC(C)n1nc(N2CCN[C@H](C)C2)c(S(C)(=O)=O)c1N. The van der Waals surface area contributed by atoms with Gasteiger partial charge in [-0.2, -0.15) is 5.10 Å². The van der Waals surface area contributed by atoms with Gasteiger partial charge in [-0.3, -0.25) is 0 Å². The lowest BCUT2D eigenvalue weighted by molar-refractivity contribution is 0.475. The molecule has 7 nitrogen and oxygen atoms in total. The Balaban J connectivity index is 2.54. The number of hydrogen-bond acceptors (Lipinski definition) is 6. The lowest BCUT2D eigenvalue weighted by Crippen LogP contribution is -2.49. The summed E-state index contributed by atoms with van der Waals surface area (Å²) in [6.45, 7) is 8.17. The zero-order chi connectivity index (χ0) is 15.1. The number of nitrogens with one attached hydrogen (secondary N) is 1. The second kappa shape index (κ2) is 5.25. The molecule has 114 valence electrons. The first-order valence-electron chi connectivity index (χ1n) is 6.78. The summed E-state index contributed by atoms with van der Waals surface area (Å²) in [7, 11) is -3.41. The summed E-state index contributed by atoms with van der Waals surface area (Å²) in [5, 5.41) is 7.77. The van der Waals surface area contributed by atoms with Crippen molar-refractivity contribution in [2.24, 2.45) is 0 Å². The quantitative estimate of drug-likeness (QED) is 0.831. The smallest absolute Gasteiger partial charge is 0.182 e. The van der Waals surface area contributed by atoms with Crippen molar-refractivity contribution in [3.8, 4) is 0 Å². The van der Waals surface area contributed by atoms with Crippen LogP contribution in [0.2, 0.25) is 0 Å². The highest BCUT2D eigenvalue weighted by atomic mass is 32.2. The van der Waals surface area contributed by atoms with Gasteiger partial charge in [0.05, 0.1) is 0 Å². The average molecular weight is 301 g/mol. The lowest BCUT2D eigenvalue weighted by atomic mass is 10.2. The van der Waals surface area contributed by atoms with Crippen LogP contribution < -0.4 is 16.0 Å². The summed E-state index contributed by atoms with van der Waals surface area (Å²) in [6, 6.07) is 0.311. The maximum absolute atomic E-state index is 12.1. The first kappa shape index (κ1) is 15.1. The average Bonchev–Trinajstić information content (AvgIpc) is 2.66. The summed E-state index contributed by atoms with van der Waals surface area (Å²) in [4.78, 5) is 2.15. The molecular formula is C12H23N5O2S. The molecule has 20 heavy (non-hydrogen) atoms. The zero-order valence-corrected chi connectivity index (χ0v) is 13.2. The number of aromatic nitrogens is 2. The maximum Gasteiger partial charge on any atom is 0.182 e. The van der Waals surface area contributed by atoms with Crippen molar-refractivity contribution in [3.05, 3.63) is 0 Å². The van der Waals surface area contributed by atoms with Gasteiger partial charge < -0.3 is 16.0 Å². The molecule has 1 fully saturated rings. The monoisotopic (exact) mass is 301 g/mol. The molecule has 1 aromatic heterocycles. The van der Waals surface area contributed by atoms with E-state index in [4.69, 9.17) is 5.73 Å². The fourth-order valence-electron chi connectivity index (χ4n) is 2.50. The minimum atomic E-state index is -3.41. The Bertz CT molecular complexity index is 593. The van der Waals surface area contributed by atoms with Gasteiger partial charge in [0.2, 0.25) is 0 Å². The highest BCUT2D eigenvalue weighted by molar-refractivity contribution is 7.91. The van der Waals surface area contributed by atoms with Gasteiger partial charge in [0, 0.05) is 38.0 Å². The van der Waals surface area contributed by atoms with Crippen LogP contribution in [0.25, 0.3) is 0 Å². The van der Waals surface area contributed by atoms with Crippen molar-refractivity contribution in [1.82, 2.24) is 15.1 Å². The van der Waals surface area contributed by atoms with Gasteiger partial charge in [-0.1, -0.05) is 0 Å². The first-order chi connectivity index (χ1) is 9.21. The highest BCUT2D eigenvalue weighted by Crippen LogP contribution is 2.32. The number of hydrogen-bond donors (Lipinski definition) is 2. The van der Waals surface area contributed by atoms with E-state index in [1.165, 1.54) is 6.26 Å². The van der Waals surface area contributed by atoms with E-state index >= 15 is 0 Å². The third kappa shape index (κ3) is 2.76. The van der Waals surface area contributed by atoms with Crippen molar-refractivity contribution in [3.63, 3.8) is 0 Å². The molecule has 2 heterocycles. The highest BCUT2D eigenvalue weighted by Gasteiger charge is 2.30. The van der Waals surface area contributed by atoms with Crippen LogP contribution in [0.15, 0.2) is 4.90 Å². The number of nitrogens with zero attached hydrogens (tertiary/aromatic N) is 3. The summed E-state index contributed by atoms with van der Waals surface area (Å²) in [6.07, 6.45) is 1.18. The molecule has 1 aliphatic heterocycles. The number of piperazine rings is 1. The van der Waals surface area contributed by atoms with Gasteiger partial charge in [-0.25, -0.2) is 13.1 Å². The Labute approximate surface area is 120 Å². The second-order valence-electron chi connectivity index (χ2n) is 5.65. The fraction of sp³-hybridized carbons (Fsp3) is 0.750. The minimum absolute atomic E-state index is 0.0181. The molecule has 0 unspecified atom stereocenters. The Kier molecular flexibility index (Phi) is 3.97. The summed E-state index contributed by atoms with van der Waals surface area (Å²) < 4.78 is 25.7. The number of nitrogens with two attached hydrogens (primary N) is 1. The van der Waals surface area contributed by atoms with Crippen LogP contribution in [0.4, 0.5) is 11.6 Å². The molecule has 0 saturated carbocycles. The molecule has 1 aromatic rings. The van der Waals surface area contributed by atoms with Crippen LogP contribution in [0, 0.1) is 0 Å². The second-order valence-corrected chi connectivity index (χ2v) is 7.60. The number of sulfone groups is 1. The predicted molar refractivity (Wildman–Crippen MR) is 79.8 cm³/mol. The molecule has 0 spiro atoms. The Hall–Kier alpha value is -1.28. The van der Waals surface area contributed by atoms with E-state index in [9.17, 15) is 8.42 Å². The third-order valence-electron chi connectivity index (χ3n) is 3.41. The van der Waals surface area contributed by atoms with Crippen molar-refractivity contribution in [1.29, 1.82) is 0 Å². The lowest BCUT2D eigenvalue weighted by Gasteiger charge is -2.32. The summed E-state index contributed by atoms with van der Waals surface area (Å²) >= 11 is 0. The molecule has 8 heteroatoms. The molecule has 3 N–H and O–H groups in total. The van der Waals surface area contributed by atoms with Gasteiger partial charge in [-0.05, 0) is 20.8 Å². The molecule has 2 rings (SSSR count). The minimum Gasteiger partial charge on any atom is -0.383 e. The van der Waals surface area contributed by atoms with Gasteiger partial charge in [0.25, 0.3) is 0 Å². The topological polar surface area (TPSA) is 93.2 Å². The molecule has 1 aliphatic rings. The molecule has 0 bridgehead atoms. The standard InChI is InChI=1S/C12H23N5O2S/c1-8(2)17-11(13)10(20(4,18)19)12(15-17)16-6-5-14-9(3)7-16/h8-9,14H,5-7,13H2,1-4H3/t9-/m1/s1. The van der Waals surface area contributed by atoms with E-state index in [2.05, 4.69) is 17.3 Å². The third-order valence-corrected chi connectivity index (χ3v) is 4.55. The van der Waals surface area contributed by atoms with Crippen LogP contribution in [0.1, 0.15) is 26.8 Å². The first-order valence-corrected chi connectivity index (χ1v) is 8.67. The van der Waals surface area contributed by atoms with E-state index in [0.29, 0.717) is 11.9 Å². The van der Waals surface area contributed by atoms with E-state index in [0.717, 1.165) is 19.6 Å². The molecule has 1 atom stereocenters. The summed E-state index contributed by atoms with van der Waals surface area (Å²) in [5.41, 5.74) is 6.01. The van der Waals surface area contributed by atoms with E-state index in [-0.39, 0.29) is 16.8 Å². The Morgan fingerprint density at radius 3 is 2.60 bits per heavy atom. The van der Waals surface area contributed by atoms with Gasteiger partial charge in [-0.15, -0.1) is 0 Å². The van der Waals surface area contributed by atoms with Crippen LogP contribution in [-0.4, -0.2) is 50.1 Å². The summed E-state index contributed by atoms with van der Waals surface area (Å²) in [5.74, 6) is 0.704. The van der Waals surface area contributed by atoms with Crippen molar-refractivity contribution < 1.29 is 8.42 Å². The van der Waals surface area contributed by atoms with Gasteiger partial charge in [0.15, 0.2) is 20.6 Å². The van der Waals surface area contributed by atoms with E-state index in [1.54, 1.807) is 4.68 Å². The number of rotatable bonds is 3. The van der Waals surface area contributed by atoms with E-state index < -0.39 is 9.84 Å². The zero-order valence-electron chi connectivity index (χ0n) is 12.4. The van der Waals surface area contributed by atoms with Gasteiger partial charge >= 0.3 is 0 Å². The van der Waals surface area contributed by atoms with Crippen molar-refractivity contribution in [2.45, 2.75) is 37.8 Å². The van der Waals surface area contributed by atoms with Crippen molar-refractivity contribution in [2.75, 3.05) is 36.5 Å². The fourth-order valence-corrected chi connectivity index (χ4v) is 3.48. The predicted octanol–water partition coefficient (Wildman–Crippen LogP) is 0.248. The number of nitrogen functional groups attached to an aromatic ring is 1. The molecule has 0 aromatic carbocycles. The van der Waals surface area contributed by atoms with Crippen LogP contribution in [0.3, 0.4) is 0 Å². The van der Waals surface area contributed by atoms with Crippen molar-refractivity contribution >= 4 is 21.5 Å². The van der Waals surface area contributed by atoms with Gasteiger partial charge in [0.1, 0.15) is 5.82 Å².